The van der Waals surface area contributed by atoms with Gasteiger partial charge in [-0.05, 0) is 31.2 Å². The molecule has 2 rings (SSSR count). The average molecular weight is 177 g/mol. The molecule has 0 fully saturated rings. The van der Waals surface area contributed by atoms with E-state index in [0.717, 1.165) is 16.7 Å². The molecule has 0 aliphatic heterocycles. The third kappa shape index (κ3) is 1.65. The second-order valence-electron chi connectivity index (χ2n) is 2.72. The van der Waals surface area contributed by atoms with Crippen molar-refractivity contribution >= 4 is 10.9 Å². The first kappa shape index (κ1) is 8.13. The van der Waals surface area contributed by atoms with Gasteiger partial charge in [0.05, 0.1) is 6.61 Å². The van der Waals surface area contributed by atoms with Gasteiger partial charge in [-0.1, -0.05) is 0 Å². The molecule has 0 bridgehead atoms. The summed E-state index contributed by atoms with van der Waals surface area (Å²) in [6.07, 6.45) is 1.90. The molecule has 1 aromatic carbocycles. The van der Waals surface area contributed by atoms with Crippen LogP contribution in [0, 0.1) is 0 Å². The molecule has 0 radical (unpaired) electrons. The second kappa shape index (κ2) is 3.49. The molecule has 2 aromatic rings. The summed E-state index contributed by atoms with van der Waals surface area (Å²) in [4.78, 5) is 13.0. The zero-order valence-corrected chi connectivity index (χ0v) is 7.41. The summed E-state index contributed by atoms with van der Waals surface area (Å²) >= 11 is 0. The zero-order chi connectivity index (χ0) is 9.10. The number of fused-ring (bicyclic) bond motifs is 1. The van der Waals surface area contributed by atoms with Gasteiger partial charge in [-0.3, -0.25) is 0 Å². The van der Waals surface area contributed by atoms with E-state index in [2.05, 4.69) is 4.98 Å². The van der Waals surface area contributed by atoms with Crippen LogP contribution < -0.4 is 4.89 Å². The zero-order valence-electron chi connectivity index (χ0n) is 7.41. The van der Waals surface area contributed by atoms with E-state index >= 15 is 0 Å². The summed E-state index contributed by atoms with van der Waals surface area (Å²) in [6, 6.07) is 7.76. The molecule has 0 saturated carbocycles. The van der Waals surface area contributed by atoms with Crippen LogP contribution in [0.25, 0.3) is 10.9 Å². The van der Waals surface area contributed by atoms with Crippen LogP contribution in [-0.2, 0) is 4.89 Å². The van der Waals surface area contributed by atoms with Crippen molar-refractivity contribution in [1.82, 2.24) is 4.98 Å². The van der Waals surface area contributed by atoms with Gasteiger partial charge < -0.3 is 9.87 Å². The molecule has 0 atom stereocenters. The second-order valence-corrected chi connectivity index (χ2v) is 2.72. The van der Waals surface area contributed by atoms with E-state index in [1.807, 2.05) is 37.4 Å². The third-order valence-electron chi connectivity index (χ3n) is 1.80. The lowest BCUT2D eigenvalue weighted by molar-refractivity contribution is -0.202. The Morgan fingerprint density at radius 2 is 2.23 bits per heavy atom. The van der Waals surface area contributed by atoms with Crippen LogP contribution >= 0.6 is 0 Å². The van der Waals surface area contributed by atoms with Gasteiger partial charge in [0.1, 0.15) is 0 Å². The highest BCUT2D eigenvalue weighted by Crippen LogP contribution is 2.19. The lowest BCUT2D eigenvalue weighted by atomic mass is 10.2. The number of aromatic amines is 1. The van der Waals surface area contributed by atoms with Crippen molar-refractivity contribution in [2.24, 2.45) is 0 Å². The highest BCUT2D eigenvalue weighted by molar-refractivity contribution is 5.80. The van der Waals surface area contributed by atoms with Crippen LogP contribution in [0.1, 0.15) is 6.92 Å². The summed E-state index contributed by atoms with van der Waals surface area (Å²) in [7, 11) is 0. The molecule has 3 nitrogen and oxygen atoms in total. The Hall–Kier alpha value is -1.48. The summed E-state index contributed by atoms with van der Waals surface area (Å²) in [5.74, 6) is 0.731. The SMILES string of the molecule is CCOOc1ccc2[nH]ccc2c1. The molecule has 13 heavy (non-hydrogen) atoms. The van der Waals surface area contributed by atoms with Crippen molar-refractivity contribution < 1.29 is 9.78 Å². The quantitative estimate of drug-likeness (QED) is 0.577. The van der Waals surface area contributed by atoms with E-state index in [1.54, 1.807) is 0 Å². The molecule has 3 heteroatoms. The van der Waals surface area contributed by atoms with Gasteiger partial charge in [-0.25, -0.2) is 0 Å². The molecular formula is C10H11NO2. The van der Waals surface area contributed by atoms with Crippen molar-refractivity contribution in [2.75, 3.05) is 6.61 Å². The van der Waals surface area contributed by atoms with Crippen molar-refractivity contribution in [1.29, 1.82) is 0 Å². The fourth-order valence-electron chi connectivity index (χ4n) is 1.21. The number of nitrogens with one attached hydrogen (secondary N) is 1. The molecule has 0 amide bonds. The summed E-state index contributed by atoms with van der Waals surface area (Å²) in [6.45, 7) is 2.43. The standard InChI is InChI=1S/C10H11NO2/c1-2-12-13-9-3-4-10-8(7-9)5-6-11-10/h3-7,11H,2H2,1H3. The van der Waals surface area contributed by atoms with Crippen LogP contribution in [-0.4, -0.2) is 11.6 Å². The van der Waals surface area contributed by atoms with E-state index in [0.29, 0.717) is 6.61 Å². The smallest absolute Gasteiger partial charge is 0.166 e. The molecule has 1 aromatic heterocycles. The van der Waals surface area contributed by atoms with Crippen molar-refractivity contribution in [3.8, 4) is 5.75 Å². The molecule has 1 heterocycles. The minimum absolute atomic E-state index is 0.547. The fourth-order valence-corrected chi connectivity index (χ4v) is 1.21. The lowest BCUT2D eigenvalue weighted by Gasteiger charge is -2.01. The lowest BCUT2D eigenvalue weighted by Crippen LogP contribution is -1.95. The van der Waals surface area contributed by atoms with Crippen LogP contribution in [0.4, 0.5) is 0 Å². The van der Waals surface area contributed by atoms with E-state index in [-0.39, 0.29) is 0 Å². The molecule has 1 N–H and O–H groups in total. The van der Waals surface area contributed by atoms with Crippen molar-refractivity contribution in [3.63, 3.8) is 0 Å². The van der Waals surface area contributed by atoms with Gasteiger partial charge >= 0.3 is 0 Å². The Morgan fingerprint density at radius 1 is 1.31 bits per heavy atom. The summed E-state index contributed by atoms with van der Waals surface area (Å²) in [5, 5.41) is 1.12. The molecule has 0 spiro atoms. The molecule has 0 unspecified atom stereocenters. The Kier molecular flexibility index (Phi) is 2.19. The fraction of sp³-hybridized carbons (Fsp3) is 0.200. The Balaban J connectivity index is 2.26. The van der Waals surface area contributed by atoms with Gasteiger partial charge in [-0.2, -0.15) is 4.89 Å². The normalized spacial score (nSPS) is 10.5. The predicted octanol–water partition coefficient (Wildman–Crippen LogP) is 2.50. The van der Waals surface area contributed by atoms with Gasteiger partial charge in [-0.15, -0.1) is 0 Å². The summed E-state index contributed by atoms with van der Waals surface area (Å²) in [5.41, 5.74) is 1.10. The van der Waals surface area contributed by atoms with E-state index in [1.165, 1.54) is 0 Å². The van der Waals surface area contributed by atoms with Crippen LogP contribution in [0.2, 0.25) is 0 Å². The topological polar surface area (TPSA) is 34.2 Å². The maximum Gasteiger partial charge on any atom is 0.166 e. The highest BCUT2D eigenvalue weighted by Gasteiger charge is 1.97. The minimum Gasteiger partial charge on any atom is -0.361 e. The Labute approximate surface area is 76.2 Å². The Bertz CT molecular complexity index is 394. The largest absolute Gasteiger partial charge is 0.361 e. The van der Waals surface area contributed by atoms with Crippen LogP contribution in [0.5, 0.6) is 5.75 Å². The molecular weight excluding hydrogens is 166 g/mol. The average Bonchev–Trinajstić information content (AvgIpc) is 2.61. The number of rotatable bonds is 3. The van der Waals surface area contributed by atoms with E-state index in [4.69, 9.17) is 9.78 Å². The molecule has 68 valence electrons. The first-order chi connectivity index (χ1) is 6.40. The van der Waals surface area contributed by atoms with Gasteiger partial charge in [0.15, 0.2) is 5.75 Å². The van der Waals surface area contributed by atoms with Gasteiger partial charge in [0.2, 0.25) is 0 Å². The Morgan fingerprint density at radius 3 is 3.08 bits per heavy atom. The maximum absolute atomic E-state index is 5.02. The number of aromatic nitrogens is 1. The number of hydrogen-bond acceptors (Lipinski definition) is 2. The van der Waals surface area contributed by atoms with E-state index in [9.17, 15) is 0 Å². The van der Waals surface area contributed by atoms with Crippen LogP contribution in [0.15, 0.2) is 30.5 Å². The van der Waals surface area contributed by atoms with Crippen molar-refractivity contribution in [3.05, 3.63) is 30.5 Å². The van der Waals surface area contributed by atoms with E-state index < -0.39 is 0 Å². The predicted molar refractivity (Wildman–Crippen MR) is 50.6 cm³/mol. The maximum atomic E-state index is 5.02. The first-order valence-electron chi connectivity index (χ1n) is 4.27. The summed E-state index contributed by atoms with van der Waals surface area (Å²) < 4.78 is 0. The van der Waals surface area contributed by atoms with Gasteiger partial charge in [0.25, 0.3) is 0 Å². The minimum atomic E-state index is 0.547. The third-order valence-corrected chi connectivity index (χ3v) is 1.80. The van der Waals surface area contributed by atoms with Crippen molar-refractivity contribution in [2.45, 2.75) is 6.92 Å². The van der Waals surface area contributed by atoms with Crippen LogP contribution in [0.3, 0.4) is 0 Å². The van der Waals surface area contributed by atoms with Gasteiger partial charge in [0, 0.05) is 17.1 Å². The number of benzene rings is 1. The highest BCUT2D eigenvalue weighted by atomic mass is 17.2. The number of hydrogen-bond donors (Lipinski definition) is 1. The molecule has 0 aliphatic rings. The molecule has 0 saturated heterocycles. The molecule has 0 aliphatic carbocycles. The number of H-pyrrole nitrogens is 1. The first-order valence-corrected chi connectivity index (χ1v) is 4.27. The monoisotopic (exact) mass is 177 g/mol.